The maximum absolute atomic E-state index is 11.7. The summed E-state index contributed by atoms with van der Waals surface area (Å²) in [5.41, 5.74) is 0.129. The van der Waals surface area contributed by atoms with Crippen LogP contribution in [0.2, 0.25) is 0 Å². The average molecular weight is 315 g/mol. The minimum absolute atomic E-state index is 0.141. The number of nitro groups is 1. The molecule has 0 radical (unpaired) electrons. The van der Waals surface area contributed by atoms with Crippen LogP contribution < -0.4 is 9.62 Å². The minimum atomic E-state index is -3.72. The fraction of sp³-hybridized carbons (Fsp3) is 0.500. The molecule has 0 spiro atoms. The third-order valence-corrected chi connectivity index (χ3v) is 4.94. The van der Waals surface area contributed by atoms with Gasteiger partial charge in [0.25, 0.3) is 5.69 Å². The zero-order chi connectivity index (χ0) is 15.6. The summed E-state index contributed by atoms with van der Waals surface area (Å²) in [6.45, 7) is 1.00. The van der Waals surface area contributed by atoms with Crippen LogP contribution in [0, 0.1) is 10.1 Å². The Morgan fingerprint density at radius 3 is 2.52 bits per heavy atom. The van der Waals surface area contributed by atoms with Crippen molar-refractivity contribution in [3.05, 3.63) is 28.3 Å². The summed E-state index contributed by atoms with van der Waals surface area (Å²) in [6.07, 6.45) is 0.686. The van der Waals surface area contributed by atoms with Crippen molar-refractivity contribution in [1.82, 2.24) is 4.72 Å². The summed E-state index contributed by atoms with van der Waals surface area (Å²) in [7, 11) is -2.47. The van der Waals surface area contributed by atoms with Gasteiger partial charge in [-0.05, 0) is 32.0 Å². The van der Waals surface area contributed by atoms with Crippen molar-refractivity contribution in [1.29, 1.82) is 0 Å². The van der Waals surface area contributed by atoms with Crippen LogP contribution >= 0.6 is 0 Å². The summed E-state index contributed by atoms with van der Waals surface area (Å²) in [6, 6.07) is 3.85. The summed E-state index contributed by atoms with van der Waals surface area (Å²) < 4.78 is 25.6. The number of aliphatic hydroxyl groups excluding tert-OH is 1. The smallest absolute Gasteiger partial charge is 0.293 e. The van der Waals surface area contributed by atoms with Crippen LogP contribution in [-0.4, -0.2) is 44.7 Å². The largest absolute Gasteiger partial charge is 0.393 e. The standard InChI is InChI=1S/C12H17N3O5S/c1-13-21(19,20)10-2-3-11(12(8-10)15(17)18)14-6-4-9(16)5-7-14/h2-3,8-9,13,16H,4-7H2,1H3. The van der Waals surface area contributed by atoms with Gasteiger partial charge in [0.15, 0.2) is 0 Å². The van der Waals surface area contributed by atoms with Gasteiger partial charge in [0.1, 0.15) is 5.69 Å². The summed E-state index contributed by atoms with van der Waals surface area (Å²) in [5, 5.41) is 20.7. The molecular weight excluding hydrogens is 298 g/mol. The molecule has 1 aliphatic rings. The quantitative estimate of drug-likeness (QED) is 0.616. The molecule has 8 nitrogen and oxygen atoms in total. The van der Waals surface area contributed by atoms with Gasteiger partial charge in [-0.2, -0.15) is 0 Å². The van der Waals surface area contributed by atoms with E-state index in [4.69, 9.17) is 0 Å². The fourth-order valence-corrected chi connectivity index (χ4v) is 3.06. The highest BCUT2D eigenvalue weighted by Gasteiger charge is 2.26. The lowest BCUT2D eigenvalue weighted by molar-refractivity contribution is -0.384. The van der Waals surface area contributed by atoms with Crippen LogP contribution in [0.1, 0.15) is 12.8 Å². The van der Waals surface area contributed by atoms with E-state index in [-0.39, 0.29) is 16.7 Å². The number of hydrogen-bond donors (Lipinski definition) is 2. The second-order valence-corrected chi connectivity index (χ2v) is 6.72. The molecule has 0 saturated carbocycles. The first kappa shape index (κ1) is 15.7. The number of anilines is 1. The molecular formula is C12H17N3O5S. The van der Waals surface area contributed by atoms with E-state index in [9.17, 15) is 23.6 Å². The molecule has 0 unspecified atom stereocenters. The third kappa shape index (κ3) is 3.31. The van der Waals surface area contributed by atoms with Gasteiger partial charge in [-0.25, -0.2) is 13.1 Å². The first-order chi connectivity index (χ1) is 9.85. The number of nitrogens with zero attached hydrogens (tertiary/aromatic N) is 2. The van der Waals surface area contributed by atoms with E-state index in [0.29, 0.717) is 31.6 Å². The molecule has 0 amide bonds. The van der Waals surface area contributed by atoms with E-state index in [0.717, 1.165) is 6.07 Å². The van der Waals surface area contributed by atoms with Crippen LogP contribution in [0.5, 0.6) is 0 Å². The van der Waals surface area contributed by atoms with Crippen molar-refractivity contribution < 1.29 is 18.4 Å². The van der Waals surface area contributed by atoms with Crippen molar-refractivity contribution in [2.75, 3.05) is 25.0 Å². The van der Waals surface area contributed by atoms with Crippen LogP contribution in [0.4, 0.5) is 11.4 Å². The number of aliphatic hydroxyl groups is 1. The first-order valence-corrected chi connectivity index (χ1v) is 7.98. The van der Waals surface area contributed by atoms with E-state index in [1.54, 1.807) is 4.90 Å². The summed E-state index contributed by atoms with van der Waals surface area (Å²) >= 11 is 0. The van der Waals surface area contributed by atoms with Crippen molar-refractivity contribution in [2.45, 2.75) is 23.8 Å². The van der Waals surface area contributed by atoms with Crippen molar-refractivity contribution in [2.24, 2.45) is 0 Å². The highest BCUT2D eigenvalue weighted by Crippen LogP contribution is 2.32. The Bertz CT molecular complexity index is 638. The number of sulfonamides is 1. The zero-order valence-corrected chi connectivity index (χ0v) is 12.3. The first-order valence-electron chi connectivity index (χ1n) is 6.50. The predicted molar refractivity (Wildman–Crippen MR) is 76.8 cm³/mol. The fourth-order valence-electron chi connectivity index (χ4n) is 2.31. The van der Waals surface area contributed by atoms with Crippen LogP contribution in [0.3, 0.4) is 0 Å². The van der Waals surface area contributed by atoms with Crippen molar-refractivity contribution in [3.63, 3.8) is 0 Å². The Morgan fingerprint density at radius 2 is 2.00 bits per heavy atom. The SMILES string of the molecule is CNS(=O)(=O)c1ccc(N2CCC(O)CC2)c([N+](=O)[O-])c1. The van der Waals surface area contributed by atoms with Gasteiger partial charge in [0.05, 0.1) is 15.9 Å². The molecule has 0 aromatic heterocycles. The molecule has 1 aliphatic heterocycles. The maximum Gasteiger partial charge on any atom is 0.293 e. The molecule has 9 heteroatoms. The second kappa shape index (κ2) is 5.96. The summed E-state index contributed by atoms with van der Waals surface area (Å²) in [5.74, 6) is 0. The van der Waals surface area contributed by atoms with Crippen LogP contribution in [0.25, 0.3) is 0 Å². The van der Waals surface area contributed by atoms with E-state index in [2.05, 4.69) is 4.72 Å². The number of rotatable bonds is 4. The number of nitrogens with one attached hydrogen (secondary N) is 1. The Morgan fingerprint density at radius 1 is 1.38 bits per heavy atom. The van der Waals surface area contributed by atoms with E-state index in [1.165, 1.54) is 19.2 Å². The summed E-state index contributed by atoms with van der Waals surface area (Å²) in [4.78, 5) is 12.3. The third-order valence-electron chi connectivity index (χ3n) is 3.53. The van der Waals surface area contributed by atoms with Gasteiger partial charge >= 0.3 is 0 Å². The highest BCUT2D eigenvalue weighted by molar-refractivity contribution is 7.89. The van der Waals surface area contributed by atoms with E-state index >= 15 is 0 Å². The maximum atomic E-state index is 11.7. The monoisotopic (exact) mass is 315 g/mol. The number of hydrogen-bond acceptors (Lipinski definition) is 6. The molecule has 2 rings (SSSR count). The number of piperidine rings is 1. The van der Waals surface area contributed by atoms with Gasteiger partial charge in [0, 0.05) is 19.2 Å². The molecule has 0 atom stereocenters. The Balaban J connectivity index is 2.41. The highest BCUT2D eigenvalue weighted by atomic mass is 32.2. The van der Waals surface area contributed by atoms with Gasteiger partial charge < -0.3 is 10.0 Å². The van der Waals surface area contributed by atoms with Crippen LogP contribution in [0.15, 0.2) is 23.1 Å². The average Bonchev–Trinajstić information content (AvgIpc) is 2.47. The lowest BCUT2D eigenvalue weighted by Gasteiger charge is -2.31. The molecule has 2 N–H and O–H groups in total. The van der Waals surface area contributed by atoms with Crippen LogP contribution in [-0.2, 0) is 10.0 Å². The Labute approximate surface area is 122 Å². The van der Waals surface area contributed by atoms with Gasteiger partial charge in [0.2, 0.25) is 10.0 Å². The van der Waals surface area contributed by atoms with E-state index in [1.807, 2.05) is 0 Å². The molecule has 0 bridgehead atoms. The second-order valence-electron chi connectivity index (χ2n) is 4.83. The molecule has 1 aromatic rings. The molecule has 0 aliphatic carbocycles. The number of benzene rings is 1. The Kier molecular flexibility index (Phi) is 4.45. The van der Waals surface area contributed by atoms with Gasteiger partial charge in [-0.1, -0.05) is 0 Å². The molecule has 21 heavy (non-hydrogen) atoms. The molecule has 1 heterocycles. The molecule has 116 valence electrons. The van der Waals surface area contributed by atoms with Crippen molar-refractivity contribution >= 4 is 21.4 Å². The molecule has 1 aromatic carbocycles. The van der Waals surface area contributed by atoms with E-state index < -0.39 is 14.9 Å². The van der Waals surface area contributed by atoms with Gasteiger partial charge in [-0.15, -0.1) is 0 Å². The zero-order valence-electron chi connectivity index (χ0n) is 11.5. The number of nitro benzene ring substituents is 1. The topological polar surface area (TPSA) is 113 Å². The molecule has 1 fully saturated rings. The van der Waals surface area contributed by atoms with Gasteiger partial charge in [-0.3, -0.25) is 10.1 Å². The normalized spacial score (nSPS) is 17.0. The molecule has 1 saturated heterocycles. The lowest BCUT2D eigenvalue weighted by atomic mass is 10.1. The minimum Gasteiger partial charge on any atom is -0.393 e. The Hall–Kier alpha value is -1.71. The lowest BCUT2D eigenvalue weighted by Crippen LogP contribution is -2.36. The predicted octanol–water partition coefficient (Wildman–Crippen LogP) is 0.464. The van der Waals surface area contributed by atoms with Crippen molar-refractivity contribution in [3.8, 4) is 0 Å².